The highest BCUT2D eigenvalue weighted by molar-refractivity contribution is 6.06. The quantitative estimate of drug-likeness (QED) is 0.518. The Labute approximate surface area is 153 Å². The molecule has 2 atom stereocenters. The van der Waals surface area contributed by atoms with Gasteiger partial charge < -0.3 is 15.2 Å². The first kappa shape index (κ1) is 19.9. The number of unbranched alkanes of at least 4 members (excludes halogenated alkanes) is 1. The van der Waals surface area contributed by atoms with E-state index < -0.39 is 17.7 Å². The lowest BCUT2D eigenvalue weighted by Gasteiger charge is -2.22. The molecule has 1 heterocycles. The Morgan fingerprint density at radius 1 is 1.31 bits per heavy atom. The lowest BCUT2D eigenvalue weighted by Crippen LogP contribution is -2.44. The molecule has 26 heavy (non-hydrogen) atoms. The second kappa shape index (κ2) is 8.31. The first-order chi connectivity index (χ1) is 12.3. The minimum Gasteiger partial charge on any atom is -0.491 e. The standard InChI is InChI=1S/C19H26N2O5/c1-4-5-10-19(3)17(24)21(18(25)20-19)11-15(23)12-26-16-8-6-14(7-9-16)13(2)22/h6-9,15,23H,4-5,10-12H2,1-3H3,(H,20,25)/t15-,19-/m1/s1. The van der Waals surface area contributed by atoms with Crippen LogP contribution in [0.15, 0.2) is 24.3 Å². The highest BCUT2D eigenvalue weighted by atomic mass is 16.5. The molecule has 7 nitrogen and oxygen atoms in total. The zero-order chi connectivity index (χ0) is 19.3. The number of ketones is 1. The number of hydrogen-bond acceptors (Lipinski definition) is 5. The molecular weight excluding hydrogens is 336 g/mol. The molecule has 2 N–H and O–H groups in total. The average molecular weight is 362 g/mol. The molecule has 0 aliphatic carbocycles. The van der Waals surface area contributed by atoms with E-state index in [1.54, 1.807) is 31.2 Å². The van der Waals surface area contributed by atoms with Crippen LogP contribution in [-0.4, -0.2) is 52.5 Å². The summed E-state index contributed by atoms with van der Waals surface area (Å²) in [6.07, 6.45) is 1.32. The summed E-state index contributed by atoms with van der Waals surface area (Å²) in [7, 11) is 0. The molecule has 1 aromatic carbocycles. The third kappa shape index (κ3) is 4.60. The van der Waals surface area contributed by atoms with Gasteiger partial charge >= 0.3 is 6.03 Å². The molecule has 2 rings (SSSR count). The minimum atomic E-state index is -1.01. The van der Waals surface area contributed by atoms with Crippen LogP contribution in [0.4, 0.5) is 4.79 Å². The van der Waals surface area contributed by atoms with Gasteiger partial charge in [0.05, 0.1) is 6.54 Å². The number of ether oxygens (including phenoxy) is 1. The third-order valence-corrected chi connectivity index (χ3v) is 4.47. The number of aliphatic hydroxyl groups excluding tert-OH is 1. The van der Waals surface area contributed by atoms with Gasteiger partial charge in [0, 0.05) is 5.56 Å². The molecule has 142 valence electrons. The van der Waals surface area contributed by atoms with Crippen molar-refractivity contribution in [2.75, 3.05) is 13.2 Å². The Kier molecular flexibility index (Phi) is 6.37. The number of imide groups is 1. The van der Waals surface area contributed by atoms with Gasteiger partial charge in [-0.15, -0.1) is 0 Å². The van der Waals surface area contributed by atoms with Crippen LogP contribution in [0.1, 0.15) is 50.4 Å². The van der Waals surface area contributed by atoms with Crippen molar-refractivity contribution < 1.29 is 24.2 Å². The van der Waals surface area contributed by atoms with Crippen LogP contribution in [0.25, 0.3) is 0 Å². The molecule has 1 aromatic rings. The largest absolute Gasteiger partial charge is 0.491 e. The predicted molar refractivity (Wildman–Crippen MR) is 96.1 cm³/mol. The summed E-state index contributed by atoms with van der Waals surface area (Å²) in [6.45, 7) is 5.01. The normalized spacial score (nSPS) is 20.8. The van der Waals surface area contributed by atoms with Crippen molar-refractivity contribution >= 4 is 17.7 Å². The third-order valence-electron chi connectivity index (χ3n) is 4.47. The fraction of sp³-hybridized carbons (Fsp3) is 0.526. The van der Waals surface area contributed by atoms with Gasteiger partial charge in [0.2, 0.25) is 0 Å². The van der Waals surface area contributed by atoms with E-state index in [-0.39, 0.29) is 24.8 Å². The number of Topliss-reactive ketones (excluding diaryl/α,β-unsaturated/α-hetero) is 1. The van der Waals surface area contributed by atoms with E-state index in [1.807, 2.05) is 6.92 Å². The van der Waals surface area contributed by atoms with Crippen LogP contribution in [0.5, 0.6) is 5.75 Å². The maximum Gasteiger partial charge on any atom is 0.325 e. The Morgan fingerprint density at radius 2 is 1.96 bits per heavy atom. The fourth-order valence-electron chi connectivity index (χ4n) is 2.85. The molecule has 3 amide bonds. The number of nitrogens with one attached hydrogen (secondary N) is 1. The molecular formula is C19H26N2O5. The van der Waals surface area contributed by atoms with Gasteiger partial charge in [-0.3, -0.25) is 14.5 Å². The Bertz CT molecular complexity index is 673. The molecule has 1 fully saturated rings. The van der Waals surface area contributed by atoms with Crippen LogP contribution < -0.4 is 10.1 Å². The van der Waals surface area contributed by atoms with Crippen LogP contribution in [-0.2, 0) is 4.79 Å². The fourth-order valence-corrected chi connectivity index (χ4v) is 2.85. The molecule has 0 saturated carbocycles. The van der Waals surface area contributed by atoms with E-state index in [2.05, 4.69) is 5.32 Å². The number of carbonyl (C=O) groups is 3. The second-order valence-electron chi connectivity index (χ2n) is 6.83. The summed E-state index contributed by atoms with van der Waals surface area (Å²) in [5, 5.41) is 12.9. The number of nitrogens with zero attached hydrogens (tertiary/aromatic N) is 1. The summed E-state index contributed by atoms with van der Waals surface area (Å²) in [5.74, 6) is 0.140. The molecule has 0 spiro atoms. The van der Waals surface area contributed by atoms with E-state index in [1.165, 1.54) is 6.92 Å². The molecule has 1 aliphatic rings. The summed E-state index contributed by atoms with van der Waals surface area (Å²) in [5.41, 5.74) is -0.334. The molecule has 7 heteroatoms. The predicted octanol–water partition coefficient (Wildman–Crippen LogP) is 2.13. The van der Waals surface area contributed by atoms with E-state index in [4.69, 9.17) is 4.74 Å². The van der Waals surface area contributed by atoms with E-state index in [0.29, 0.717) is 17.7 Å². The van der Waals surface area contributed by atoms with Gasteiger partial charge in [-0.2, -0.15) is 0 Å². The molecule has 0 aromatic heterocycles. The maximum atomic E-state index is 12.5. The first-order valence-corrected chi connectivity index (χ1v) is 8.83. The van der Waals surface area contributed by atoms with Gasteiger partial charge in [0.25, 0.3) is 5.91 Å². The number of rotatable bonds is 9. The maximum absolute atomic E-state index is 12.5. The minimum absolute atomic E-state index is 0.0405. The van der Waals surface area contributed by atoms with Crippen molar-refractivity contribution in [1.29, 1.82) is 0 Å². The van der Waals surface area contributed by atoms with Gasteiger partial charge in [0.1, 0.15) is 24.0 Å². The van der Waals surface area contributed by atoms with Crippen LogP contribution in [0, 0.1) is 0 Å². The lowest BCUT2D eigenvalue weighted by atomic mass is 9.95. The smallest absolute Gasteiger partial charge is 0.325 e. The monoisotopic (exact) mass is 362 g/mol. The zero-order valence-electron chi connectivity index (χ0n) is 15.4. The number of carbonyl (C=O) groups excluding carboxylic acids is 3. The lowest BCUT2D eigenvalue weighted by molar-refractivity contribution is -0.132. The van der Waals surface area contributed by atoms with Crippen molar-refractivity contribution in [3.8, 4) is 5.75 Å². The van der Waals surface area contributed by atoms with E-state index >= 15 is 0 Å². The Balaban J connectivity index is 1.89. The van der Waals surface area contributed by atoms with E-state index in [0.717, 1.165) is 17.7 Å². The van der Waals surface area contributed by atoms with Crippen molar-refractivity contribution in [3.63, 3.8) is 0 Å². The first-order valence-electron chi connectivity index (χ1n) is 8.83. The molecule has 0 radical (unpaired) electrons. The highest BCUT2D eigenvalue weighted by Gasteiger charge is 2.47. The van der Waals surface area contributed by atoms with Crippen molar-refractivity contribution in [2.45, 2.75) is 51.7 Å². The van der Waals surface area contributed by atoms with Crippen molar-refractivity contribution in [2.24, 2.45) is 0 Å². The Hall–Kier alpha value is -2.41. The topological polar surface area (TPSA) is 95.9 Å². The molecule has 0 bridgehead atoms. The number of amides is 3. The van der Waals surface area contributed by atoms with Gasteiger partial charge in [-0.1, -0.05) is 19.8 Å². The highest BCUT2D eigenvalue weighted by Crippen LogP contribution is 2.23. The van der Waals surface area contributed by atoms with Gasteiger partial charge in [-0.25, -0.2) is 4.79 Å². The number of aliphatic hydroxyl groups is 1. The van der Waals surface area contributed by atoms with Crippen LogP contribution >= 0.6 is 0 Å². The number of β-amino-alcohol motifs (C(OH)–C–C–N with tert-alkyl or cyclic N) is 1. The van der Waals surface area contributed by atoms with Gasteiger partial charge in [-0.05, 0) is 44.5 Å². The average Bonchev–Trinajstić information content (AvgIpc) is 2.82. The summed E-state index contributed by atoms with van der Waals surface area (Å²) >= 11 is 0. The summed E-state index contributed by atoms with van der Waals surface area (Å²) in [6, 6.07) is 6.07. The second-order valence-corrected chi connectivity index (χ2v) is 6.83. The molecule has 1 aliphatic heterocycles. The number of urea groups is 1. The summed E-state index contributed by atoms with van der Waals surface area (Å²) < 4.78 is 5.47. The van der Waals surface area contributed by atoms with Crippen molar-refractivity contribution in [1.82, 2.24) is 10.2 Å². The Morgan fingerprint density at radius 3 is 2.54 bits per heavy atom. The van der Waals surface area contributed by atoms with Crippen LogP contribution in [0.3, 0.4) is 0 Å². The van der Waals surface area contributed by atoms with Crippen molar-refractivity contribution in [3.05, 3.63) is 29.8 Å². The number of benzene rings is 1. The van der Waals surface area contributed by atoms with Crippen LogP contribution in [0.2, 0.25) is 0 Å². The summed E-state index contributed by atoms with van der Waals surface area (Å²) in [4.78, 5) is 36.9. The molecule has 1 saturated heterocycles. The number of hydrogen-bond donors (Lipinski definition) is 2. The van der Waals surface area contributed by atoms with Gasteiger partial charge in [0.15, 0.2) is 5.78 Å². The molecule has 0 unspecified atom stereocenters. The zero-order valence-corrected chi connectivity index (χ0v) is 15.4. The SMILES string of the molecule is CCCC[C@@]1(C)NC(=O)N(C[C@@H](O)COc2ccc(C(C)=O)cc2)C1=O. The van der Waals surface area contributed by atoms with E-state index in [9.17, 15) is 19.5 Å².